The summed E-state index contributed by atoms with van der Waals surface area (Å²) in [6, 6.07) is 5.65. The van der Waals surface area contributed by atoms with Crippen molar-refractivity contribution >= 4 is 16.7 Å². The summed E-state index contributed by atoms with van der Waals surface area (Å²) in [6.45, 7) is 2.55. The summed E-state index contributed by atoms with van der Waals surface area (Å²) in [5.41, 5.74) is 1.78. The summed E-state index contributed by atoms with van der Waals surface area (Å²) in [5.74, 6) is -0.765. The molecule has 0 saturated heterocycles. The number of hydrogen-bond donors (Lipinski definition) is 1. The van der Waals surface area contributed by atoms with Crippen LogP contribution in [0.1, 0.15) is 21.7 Å². The van der Waals surface area contributed by atoms with Crippen molar-refractivity contribution in [1.29, 1.82) is 0 Å². The lowest BCUT2D eigenvalue weighted by Crippen LogP contribution is -2.15. The van der Waals surface area contributed by atoms with Crippen LogP contribution in [0.4, 0.5) is 0 Å². The lowest BCUT2D eigenvalue weighted by atomic mass is 10.0. The average molecular weight is 274 g/mol. The van der Waals surface area contributed by atoms with E-state index >= 15 is 0 Å². The molecule has 2 rings (SSSR count). The zero-order chi connectivity index (χ0) is 14.9. The molecule has 2 aromatic rings. The fraction of sp³-hybridized carbons (Fsp3) is 0.333. The van der Waals surface area contributed by atoms with Crippen LogP contribution in [0.25, 0.3) is 10.8 Å². The number of aromatic hydroxyl groups is 1. The smallest absolute Gasteiger partial charge is 0.360 e. The lowest BCUT2D eigenvalue weighted by Gasteiger charge is -2.14. The maximum atomic E-state index is 11.7. The van der Waals surface area contributed by atoms with E-state index in [9.17, 15) is 9.90 Å². The quantitative estimate of drug-likeness (QED) is 0.868. The van der Waals surface area contributed by atoms with Crippen molar-refractivity contribution in [2.75, 3.05) is 21.2 Å². The number of aryl methyl sites for hydroxylation is 1. The summed E-state index contributed by atoms with van der Waals surface area (Å²) in [6.07, 6.45) is 0. The predicted molar refractivity (Wildman–Crippen MR) is 76.9 cm³/mol. The topological polar surface area (TPSA) is 62.7 Å². The van der Waals surface area contributed by atoms with E-state index in [1.165, 1.54) is 7.11 Å². The van der Waals surface area contributed by atoms with Crippen LogP contribution in [-0.4, -0.2) is 42.2 Å². The molecule has 0 unspecified atom stereocenters. The van der Waals surface area contributed by atoms with E-state index in [-0.39, 0.29) is 11.4 Å². The van der Waals surface area contributed by atoms with Gasteiger partial charge in [-0.3, -0.25) is 0 Å². The Balaban J connectivity index is 2.76. The Kier molecular flexibility index (Phi) is 3.90. The molecule has 5 heteroatoms. The first kappa shape index (κ1) is 14.3. The van der Waals surface area contributed by atoms with Gasteiger partial charge in [-0.2, -0.15) is 0 Å². The molecule has 0 fully saturated rings. The first-order valence-electron chi connectivity index (χ1n) is 6.29. The third-order valence-corrected chi connectivity index (χ3v) is 3.06. The number of hydrogen-bond acceptors (Lipinski definition) is 5. The van der Waals surface area contributed by atoms with Gasteiger partial charge < -0.3 is 14.7 Å². The summed E-state index contributed by atoms with van der Waals surface area (Å²) < 4.78 is 4.67. The summed E-state index contributed by atoms with van der Waals surface area (Å²) in [7, 11) is 5.12. The molecule has 0 aliphatic heterocycles. The molecule has 0 amide bonds. The van der Waals surface area contributed by atoms with Gasteiger partial charge in [-0.1, -0.05) is 17.7 Å². The predicted octanol–water partition coefficient (Wildman–Crippen LogP) is 2.10. The third-order valence-electron chi connectivity index (χ3n) is 3.06. The molecule has 20 heavy (non-hydrogen) atoms. The van der Waals surface area contributed by atoms with Gasteiger partial charge in [-0.25, -0.2) is 9.78 Å². The number of methoxy groups -OCH3 is 1. The largest absolute Gasteiger partial charge is 0.505 e. The van der Waals surface area contributed by atoms with Crippen molar-refractivity contribution in [2.24, 2.45) is 0 Å². The second-order valence-corrected chi connectivity index (χ2v) is 5.03. The molecule has 0 saturated carbocycles. The number of aromatic nitrogens is 1. The van der Waals surface area contributed by atoms with Crippen molar-refractivity contribution in [1.82, 2.24) is 9.88 Å². The van der Waals surface area contributed by atoms with Gasteiger partial charge in [0.2, 0.25) is 0 Å². The summed E-state index contributed by atoms with van der Waals surface area (Å²) >= 11 is 0. The Morgan fingerprint density at radius 3 is 2.65 bits per heavy atom. The van der Waals surface area contributed by atoms with Gasteiger partial charge in [0, 0.05) is 17.3 Å². The van der Waals surface area contributed by atoms with Crippen LogP contribution in [0.5, 0.6) is 5.75 Å². The monoisotopic (exact) mass is 274 g/mol. The van der Waals surface area contributed by atoms with Crippen LogP contribution >= 0.6 is 0 Å². The van der Waals surface area contributed by atoms with Gasteiger partial charge in [-0.15, -0.1) is 0 Å². The Morgan fingerprint density at radius 2 is 2.05 bits per heavy atom. The van der Waals surface area contributed by atoms with Gasteiger partial charge in [0.1, 0.15) is 0 Å². The number of nitrogens with zero attached hydrogens (tertiary/aromatic N) is 2. The summed E-state index contributed by atoms with van der Waals surface area (Å²) in [5, 5.41) is 11.7. The van der Waals surface area contributed by atoms with Crippen molar-refractivity contribution in [3.05, 3.63) is 35.2 Å². The normalized spacial score (nSPS) is 11.1. The second-order valence-electron chi connectivity index (χ2n) is 5.03. The van der Waals surface area contributed by atoms with E-state index in [0.717, 1.165) is 16.6 Å². The molecule has 0 radical (unpaired) electrons. The number of rotatable bonds is 3. The van der Waals surface area contributed by atoms with E-state index < -0.39 is 5.97 Å². The molecule has 1 aromatic heterocycles. The van der Waals surface area contributed by atoms with Crippen molar-refractivity contribution < 1.29 is 14.6 Å². The molecular weight excluding hydrogens is 256 g/mol. The van der Waals surface area contributed by atoms with Crippen LogP contribution < -0.4 is 0 Å². The molecule has 0 bridgehead atoms. The van der Waals surface area contributed by atoms with Gasteiger partial charge in [0.15, 0.2) is 11.4 Å². The molecule has 1 N–H and O–H groups in total. The average Bonchev–Trinajstić information content (AvgIpc) is 2.40. The molecule has 0 spiro atoms. The molecule has 0 aliphatic rings. The number of benzene rings is 1. The minimum Gasteiger partial charge on any atom is -0.505 e. The number of carbonyl (C=O) groups excluding carboxylic acids is 1. The molecular formula is C15H18N2O3. The summed E-state index contributed by atoms with van der Waals surface area (Å²) in [4.78, 5) is 18.0. The van der Waals surface area contributed by atoms with E-state index in [1.807, 2.05) is 38.1 Å². The maximum absolute atomic E-state index is 11.7. The molecule has 0 atom stereocenters. The number of pyridine rings is 1. The van der Waals surface area contributed by atoms with Crippen LogP contribution in [0.15, 0.2) is 18.2 Å². The fourth-order valence-corrected chi connectivity index (χ4v) is 2.14. The van der Waals surface area contributed by atoms with E-state index in [4.69, 9.17) is 0 Å². The Bertz CT molecular complexity index is 666. The zero-order valence-corrected chi connectivity index (χ0v) is 12.1. The second kappa shape index (κ2) is 5.46. The van der Waals surface area contributed by atoms with Crippen LogP contribution in [0, 0.1) is 6.92 Å². The Labute approximate surface area is 117 Å². The SMILES string of the molecule is COC(=O)c1nc(CN(C)C)c2cc(C)ccc2c1O. The first-order valence-corrected chi connectivity index (χ1v) is 6.29. The highest BCUT2D eigenvalue weighted by atomic mass is 16.5. The molecule has 106 valence electrons. The maximum Gasteiger partial charge on any atom is 0.360 e. The van der Waals surface area contributed by atoms with Gasteiger partial charge in [-0.05, 0) is 27.1 Å². The lowest BCUT2D eigenvalue weighted by molar-refractivity contribution is 0.0590. The van der Waals surface area contributed by atoms with Crippen LogP contribution in [-0.2, 0) is 11.3 Å². The van der Waals surface area contributed by atoms with Crippen LogP contribution in [0.3, 0.4) is 0 Å². The Hall–Kier alpha value is -2.14. The highest BCUT2D eigenvalue weighted by Crippen LogP contribution is 2.31. The van der Waals surface area contributed by atoms with Gasteiger partial charge >= 0.3 is 5.97 Å². The molecule has 0 aliphatic carbocycles. The van der Waals surface area contributed by atoms with Crippen LogP contribution in [0.2, 0.25) is 0 Å². The van der Waals surface area contributed by atoms with Gasteiger partial charge in [0.05, 0.1) is 12.8 Å². The van der Waals surface area contributed by atoms with Crippen molar-refractivity contribution in [3.8, 4) is 5.75 Å². The highest BCUT2D eigenvalue weighted by Gasteiger charge is 2.19. The van der Waals surface area contributed by atoms with Gasteiger partial charge in [0.25, 0.3) is 0 Å². The fourth-order valence-electron chi connectivity index (χ4n) is 2.14. The van der Waals surface area contributed by atoms with E-state index in [2.05, 4.69) is 9.72 Å². The third kappa shape index (κ3) is 2.58. The molecule has 1 aromatic carbocycles. The Morgan fingerprint density at radius 1 is 1.35 bits per heavy atom. The minimum atomic E-state index is -0.634. The number of carbonyl (C=O) groups is 1. The number of ether oxygens (including phenoxy) is 1. The highest BCUT2D eigenvalue weighted by molar-refractivity contribution is 6.00. The molecule has 1 heterocycles. The van der Waals surface area contributed by atoms with Crippen molar-refractivity contribution in [2.45, 2.75) is 13.5 Å². The zero-order valence-electron chi connectivity index (χ0n) is 12.1. The first-order chi connectivity index (χ1) is 9.43. The van der Waals surface area contributed by atoms with E-state index in [1.54, 1.807) is 6.07 Å². The number of fused-ring (bicyclic) bond motifs is 1. The van der Waals surface area contributed by atoms with Crippen molar-refractivity contribution in [3.63, 3.8) is 0 Å². The minimum absolute atomic E-state index is 0.0410. The van der Waals surface area contributed by atoms with E-state index in [0.29, 0.717) is 11.9 Å². The standard InChI is InChI=1S/C15H18N2O3/c1-9-5-6-10-11(7-9)12(8-17(2)3)16-13(14(10)18)15(19)20-4/h5-7,18H,8H2,1-4H3. The number of esters is 1. The molecule has 5 nitrogen and oxygen atoms in total.